The van der Waals surface area contributed by atoms with Crippen molar-refractivity contribution < 1.29 is 17.6 Å². The molecular weight excluding hydrogens is 411 g/mol. The average molecular weight is 433 g/mol. The maximum Gasteiger partial charge on any atom is 0.252 e. The molecule has 2 fully saturated rings. The number of amidine groups is 1. The average Bonchev–Trinajstić information content (AvgIpc) is 3.10. The van der Waals surface area contributed by atoms with Gasteiger partial charge in [0, 0.05) is 10.9 Å². The molecule has 2 aliphatic rings. The Hall–Kier alpha value is -2.19. The van der Waals surface area contributed by atoms with Crippen LogP contribution in [0.4, 0.5) is 10.1 Å². The third-order valence-corrected chi connectivity index (χ3v) is 8.41. The number of anilines is 1. The third kappa shape index (κ3) is 4.23. The Morgan fingerprint density at radius 3 is 2.59 bits per heavy atom. The Labute approximate surface area is 173 Å². The van der Waals surface area contributed by atoms with Crippen molar-refractivity contribution in [2.45, 2.75) is 31.6 Å². The summed E-state index contributed by atoms with van der Waals surface area (Å²) >= 11 is 1.29. The van der Waals surface area contributed by atoms with Crippen LogP contribution in [0.5, 0.6) is 0 Å². The summed E-state index contributed by atoms with van der Waals surface area (Å²) < 4.78 is 38.4. The van der Waals surface area contributed by atoms with E-state index >= 15 is 0 Å². The molecule has 0 spiro atoms. The lowest BCUT2D eigenvalue weighted by Gasteiger charge is -2.24. The number of amides is 1. The molecule has 2 aromatic carbocycles. The first kappa shape index (κ1) is 20.1. The minimum Gasteiger partial charge on any atom is -0.315 e. The predicted molar refractivity (Wildman–Crippen MR) is 115 cm³/mol. The molecule has 5 nitrogen and oxygen atoms in total. The number of rotatable bonds is 3. The van der Waals surface area contributed by atoms with Crippen LogP contribution in [0.2, 0.25) is 0 Å². The quantitative estimate of drug-likeness (QED) is 0.745. The third-order valence-electron chi connectivity index (χ3n) is 5.20. The number of aryl methyl sites for hydroxylation is 2. The Balaban J connectivity index is 1.65. The number of nitrogens with zero attached hydrogens (tertiary/aromatic N) is 2. The molecule has 2 atom stereocenters. The molecule has 2 saturated heterocycles. The number of thioether (sulfide) groups is 1. The highest BCUT2D eigenvalue weighted by Gasteiger charge is 2.49. The van der Waals surface area contributed by atoms with Crippen LogP contribution in [0, 0.1) is 19.7 Å². The van der Waals surface area contributed by atoms with Crippen molar-refractivity contribution >= 4 is 38.4 Å². The maximum absolute atomic E-state index is 14.2. The molecule has 29 heavy (non-hydrogen) atoms. The number of hydrogen-bond donors (Lipinski definition) is 0. The summed E-state index contributed by atoms with van der Waals surface area (Å²) in [5.74, 6) is -0.664. The van der Waals surface area contributed by atoms with Gasteiger partial charge in [-0.15, -0.1) is 0 Å². The highest BCUT2D eigenvalue weighted by molar-refractivity contribution is 8.16. The Bertz CT molecular complexity index is 1100. The summed E-state index contributed by atoms with van der Waals surface area (Å²) in [6, 6.07) is 12.1. The van der Waals surface area contributed by atoms with Gasteiger partial charge in [-0.05, 0) is 37.1 Å². The molecule has 2 heterocycles. The summed E-state index contributed by atoms with van der Waals surface area (Å²) in [5.41, 5.74) is 3.00. The van der Waals surface area contributed by atoms with Gasteiger partial charge in [-0.25, -0.2) is 12.8 Å². The minimum absolute atomic E-state index is 0.0225. The van der Waals surface area contributed by atoms with Crippen molar-refractivity contribution in [3.05, 3.63) is 65.0 Å². The summed E-state index contributed by atoms with van der Waals surface area (Å²) in [6.07, 6.45) is 0.161. The molecule has 0 N–H and O–H groups in total. The summed E-state index contributed by atoms with van der Waals surface area (Å²) in [7, 11) is -3.17. The van der Waals surface area contributed by atoms with Crippen LogP contribution >= 0.6 is 11.8 Å². The lowest BCUT2D eigenvalue weighted by atomic mass is 10.1. The zero-order chi connectivity index (χ0) is 20.8. The largest absolute Gasteiger partial charge is 0.315 e. The molecule has 1 amide bonds. The molecule has 8 heteroatoms. The van der Waals surface area contributed by atoms with E-state index in [4.69, 9.17) is 0 Å². The van der Waals surface area contributed by atoms with Crippen LogP contribution in [0.15, 0.2) is 47.5 Å². The molecule has 0 unspecified atom stereocenters. The number of sulfone groups is 1. The molecule has 0 aromatic heterocycles. The number of carbonyl (C=O) groups excluding carboxylic acids is 1. The highest BCUT2D eigenvalue weighted by atomic mass is 32.2. The topological polar surface area (TPSA) is 66.8 Å². The van der Waals surface area contributed by atoms with Crippen molar-refractivity contribution in [2.75, 3.05) is 16.4 Å². The van der Waals surface area contributed by atoms with E-state index < -0.39 is 9.84 Å². The zero-order valence-electron chi connectivity index (χ0n) is 16.1. The number of hydrogen-bond acceptors (Lipinski definition) is 4. The molecule has 0 saturated carbocycles. The first-order chi connectivity index (χ1) is 13.7. The number of benzene rings is 2. The van der Waals surface area contributed by atoms with Gasteiger partial charge in [0.2, 0.25) is 0 Å². The Morgan fingerprint density at radius 2 is 1.90 bits per heavy atom. The summed E-state index contributed by atoms with van der Waals surface area (Å²) in [5, 5.41) is 0.227. The highest BCUT2D eigenvalue weighted by Crippen LogP contribution is 2.41. The molecule has 0 bridgehead atoms. The number of fused-ring (bicyclic) bond motifs is 1. The fourth-order valence-corrected chi connectivity index (χ4v) is 7.56. The van der Waals surface area contributed by atoms with Crippen molar-refractivity contribution in [3.8, 4) is 0 Å². The van der Waals surface area contributed by atoms with Crippen LogP contribution in [0.3, 0.4) is 0 Å². The number of aliphatic imine (C=N–C) groups is 1. The molecule has 4 rings (SSSR count). The van der Waals surface area contributed by atoms with Crippen LogP contribution in [0.25, 0.3) is 0 Å². The first-order valence-electron chi connectivity index (χ1n) is 9.31. The van der Waals surface area contributed by atoms with E-state index in [-0.39, 0.29) is 40.9 Å². The molecule has 2 aromatic rings. The van der Waals surface area contributed by atoms with E-state index in [0.717, 1.165) is 11.1 Å². The van der Waals surface area contributed by atoms with Gasteiger partial charge in [-0.3, -0.25) is 4.79 Å². The second kappa shape index (κ2) is 7.57. The SMILES string of the molecule is Cc1ccc(CC(=O)N=C2S[C@H]3CS(=O)(=O)C[C@H]3N2c2ccc(C)c(F)c2)cc1. The van der Waals surface area contributed by atoms with Gasteiger partial charge in [0.1, 0.15) is 5.82 Å². The van der Waals surface area contributed by atoms with Crippen molar-refractivity contribution in [1.82, 2.24) is 0 Å². The van der Waals surface area contributed by atoms with Crippen LogP contribution in [0.1, 0.15) is 16.7 Å². The lowest BCUT2D eigenvalue weighted by molar-refractivity contribution is -0.117. The zero-order valence-corrected chi connectivity index (χ0v) is 17.8. The fraction of sp³-hybridized carbons (Fsp3) is 0.333. The van der Waals surface area contributed by atoms with E-state index in [1.165, 1.54) is 17.8 Å². The fourth-order valence-electron chi connectivity index (χ4n) is 3.62. The van der Waals surface area contributed by atoms with E-state index in [9.17, 15) is 17.6 Å². The van der Waals surface area contributed by atoms with Gasteiger partial charge < -0.3 is 4.90 Å². The smallest absolute Gasteiger partial charge is 0.252 e. The van der Waals surface area contributed by atoms with E-state index in [2.05, 4.69) is 4.99 Å². The van der Waals surface area contributed by atoms with Crippen LogP contribution in [-0.4, -0.2) is 42.3 Å². The van der Waals surface area contributed by atoms with Gasteiger partial charge in [0.05, 0.1) is 24.0 Å². The van der Waals surface area contributed by atoms with Crippen molar-refractivity contribution in [2.24, 2.45) is 4.99 Å². The van der Waals surface area contributed by atoms with E-state index in [0.29, 0.717) is 16.4 Å². The first-order valence-corrected chi connectivity index (χ1v) is 12.0. The van der Waals surface area contributed by atoms with Crippen LogP contribution < -0.4 is 4.90 Å². The number of carbonyl (C=O) groups is 1. The monoisotopic (exact) mass is 432 g/mol. The predicted octanol–water partition coefficient (Wildman–Crippen LogP) is 3.29. The molecule has 0 aliphatic carbocycles. The van der Waals surface area contributed by atoms with Crippen molar-refractivity contribution in [3.63, 3.8) is 0 Å². The van der Waals surface area contributed by atoms with E-state index in [1.807, 2.05) is 31.2 Å². The molecule has 2 aliphatic heterocycles. The summed E-state index contributed by atoms with van der Waals surface area (Å²) in [6.45, 7) is 3.65. The van der Waals surface area contributed by atoms with Gasteiger partial charge in [-0.2, -0.15) is 4.99 Å². The summed E-state index contributed by atoms with van der Waals surface area (Å²) in [4.78, 5) is 18.6. The molecular formula is C21H21FN2O3S2. The van der Waals surface area contributed by atoms with E-state index in [1.54, 1.807) is 24.0 Å². The Morgan fingerprint density at radius 1 is 1.17 bits per heavy atom. The second-order valence-corrected chi connectivity index (χ2v) is 10.9. The van der Waals surface area contributed by atoms with Crippen LogP contribution in [-0.2, 0) is 21.1 Å². The molecule has 0 radical (unpaired) electrons. The second-order valence-electron chi connectivity index (χ2n) is 7.55. The van der Waals surface area contributed by atoms with Gasteiger partial charge >= 0.3 is 0 Å². The Kier molecular flexibility index (Phi) is 5.25. The van der Waals surface area contributed by atoms with Gasteiger partial charge in [0.25, 0.3) is 5.91 Å². The minimum atomic E-state index is -3.17. The molecule has 152 valence electrons. The van der Waals surface area contributed by atoms with Gasteiger partial charge in [-0.1, -0.05) is 47.7 Å². The number of halogens is 1. The normalized spacial score (nSPS) is 24.1. The lowest BCUT2D eigenvalue weighted by Crippen LogP contribution is -2.37. The maximum atomic E-state index is 14.2. The van der Waals surface area contributed by atoms with Gasteiger partial charge in [0.15, 0.2) is 15.0 Å². The standard InChI is InChI=1S/C21H21FN2O3S2/c1-13-3-6-15(7-4-13)9-20(25)23-21-24(16-8-5-14(2)17(22)10-16)18-11-29(26,27)12-19(18)28-21/h3-8,10,18-19H,9,11-12H2,1-2H3/t18-,19+/m1/s1. The van der Waals surface area contributed by atoms with Crippen molar-refractivity contribution in [1.29, 1.82) is 0 Å².